The van der Waals surface area contributed by atoms with Crippen LogP contribution in [0.2, 0.25) is 0 Å². The minimum Gasteiger partial charge on any atom is -0.373 e. The number of halogens is 4. The molecule has 3 heterocycles. The van der Waals surface area contributed by atoms with Gasteiger partial charge in [-0.25, -0.2) is 0 Å². The summed E-state index contributed by atoms with van der Waals surface area (Å²) in [5.74, 6) is -2.43. The van der Waals surface area contributed by atoms with Gasteiger partial charge < -0.3 is 4.74 Å². The molecule has 0 aromatic rings. The zero-order valence-corrected chi connectivity index (χ0v) is 16.4. The summed E-state index contributed by atoms with van der Waals surface area (Å²) >= 11 is 26.5. The Morgan fingerprint density at radius 2 is 1.48 bits per heavy atom. The van der Waals surface area contributed by atoms with E-state index in [-0.39, 0.29) is 29.8 Å². The van der Waals surface area contributed by atoms with Crippen molar-refractivity contribution in [2.24, 2.45) is 23.7 Å². The van der Waals surface area contributed by atoms with Gasteiger partial charge in [0, 0.05) is 11.8 Å². The van der Waals surface area contributed by atoms with Gasteiger partial charge in [-0.1, -0.05) is 23.2 Å². The molecule has 0 aromatic heterocycles. The van der Waals surface area contributed by atoms with Crippen LogP contribution < -0.4 is 0 Å². The molecule has 4 bridgehead atoms. The number of imide groups is 1. The second kappa shape index (κ2) is 4.86. The third-order valence-electron chi connectivity index (χ3n) is 6.28. The van der Waals surface area contributed by atoms with Crippen LogP contribution in [0.5, 0.6) is 0 Å². The fraction of sp³-hybridized carbons (Fsp3) is 0.750. The molecule has 5 rings (SSSR count). The second-order valence-corrected chi connectivity index (χ2v) is 9.93. The van der Waals surface area contributed by atoms with Gasteiger partial charge in [-0.2, -0.15) is 5.06 Å². The Morgan fingerprint density at radius 1 is 1.04 bits per heavy atom. The number of fused-ring (bicyclic) bond motifs is 12. The van der Waals surface area contributed by atoms with Gasteiger partial charge in [0.2, 0.25) is 0 Å². The third kappa shape index (κ3) is 1.72. The van der Waals surface area contributed by atoms with Crippen molar-refractivity contribution < 1.29 is 19.2 Å². The van der Waals surface area contributed by atoms with E-state index in [2.05, 4.69) is 0 Å². The summed E-state index contributed by atoms with van der Waals surface area (Å²) in [6.07, 6.45) is -0.909. The minimum absolute atomic E-state index is 0.247. The molecular weight excluding hydrogens is 412 g/mol. The van der Waals surface area contributed by atoms with Crippen LogP contribution in [0.4, 0.5) is 0 Å². The summed E-state index contributed by atoms with van der Waals surface area (Å²) in [5, 5.41) is 1.57. The van der Waals surface area contributed by atoms with Crippen molar-refractivity contribution in [3.05, 3.63) is 10.1 Å². The Morgan fingerprint density at radius 3 is 1.88 bits per heavy atom. The maximum absolute atomic E-state index is 12.8. The summed E-state index contributed by atoms with van der Waals surface area (Å²) in [4.78, 5) is 29.2. The summed E-state index contributed by atoms with van der Waals surface area (Å²) in [6.45, 7) is 3.53. The van der Waals surface area contributed by atoms with Gasteiger partial charge in [-0.3, -0.25) is 14.4 Å². The summed E-state index contributed by atoms with van der Waals surface area (Å²) in [7, 11) is 0. The number of carbonyl (C=O) groups is 2. The monoisotopic (exact) mass is 425 g/mol. The van der Waals surface area contributed by atoms with Crippen molar-refractivity contribution in [3.8, 4) is 0 Å². The molecular formula is C16H15Cl4NO4. The Kier molecular flexibility index (Phi) is 3.32. The van der Waals surface area contributed by atoms with Crippen LogP contribution in [0, 0.1) is 23.7 Å². The molecule has 8 atom stereocenters. The van der Waals surface area contributed by atoms with E-state index in [0.717, 1.165) is 5.06 Å². The summed E-state index contributed by atoms with van der Waals surface area (Å²) < 4.78 is 6.07. The molecule has 5 nitrogen and oxygen atoms in total. The first-order chi connectivity index (χ1) is 11.6. The van der Waals surface area contributed by atoms with Gasteiger partial charge in [-0.15, -0.1) is 23.2 Å². The summed E-state index contributed by atoms with van der Waals surface area (Å²) in [5.41, 5.74) is 0. The predicted molar refractivity (Wildman–Crippen MR) is 91.2 cm³/mol. The van der Waals surface area contributed by atoms with Crippen molar-refractivity contribution in [2.75, 3.05) is 0 Å². The number of hydrogen-bond acceptors (Lipinski definition) is 4. The molecule has 2 aliphatic carbocycles. The summed E-state index contributed by atoms with van der Waals surface area (Å²) in [6, 6.07) is 0. The Hall–Kier alpha value is -0.0400. The highest BCUT2D eigenvalue weighted by Gasteiger charge is 2.82. The fourth-order valence-electron chi connectivity index (χ4n) is 5.58. The van der Waals surface area contributed by atoms with Gasteiger partial charge in [0.15, 0.2) is 0 Å². The number of alkyl halides is 2. The lowest BCUT2D eigenvalue weighted by Gasteiger charge is -2.40. The lowest BCUT2D eigenvalue weighted by molar-refractivity contribution is -0.202. The fourth-order valence-corrected chi connectivity index (χ4v) is 7.60. The Bertz CT molecular complexity index is 702. The molecule has 0 radical (unpaired) electrons. The van der Waals surface area contributed by atoms with Crippen LogP contribution >= 0.6 is 46.4 Å². The molecule has 1 saturated carbocycles. The van der Waals surface area contributed by atoms with E-state index < -0.39 is 33.8 Å². The average Bonchev–Trinajstić information content (AvgIpc) is 3.25. The number of nitrogens with zero attached hydrogens (tertiary/aromatic N) is 1. The van der Waals surface area contributed by atoms with Crippen molar-refractivity contribution in [3.63, 3.8) is 0 Å². The second-order valence-electron chi connectivity index (χ2n) is 7.82. The first-order valence-electron chi connectivity index (χ1n) is 8.27. The maximum atomic E-state index is 12.8. The predicted octanol–water partition coefficient (Wildman–Crippen LogP) is 3.00. The van der Waals surface area contributed by atoms with E-state index in [4.69, 9.17) is 56.0 Å². The third-order valence-corrected chi connectivity index (χ3v) is 8.78. The number of carbonyl (C=O) groups excluding carboxylic acids is 2. The highest BCUT2D eigenvalue weighted by molar-refractivity contribution is 6.51. The normalized spacial score (nSPS) is 52.8. The number of hydrogen-bond donors (Lipinski definition) is 0. The van der Waals surface area contributed by atoms with Crippen molar-refractivity contribution >= 4 is 58.2 Å². The van der Waals surface area contributed by atoms with Gasteiger partial charge in [0.25, 0.3) is 11.8 Å². The number of hydroxylamine groups is 2. The Balaban J connectivity index is 1.58. The van der Waals surface area contributed by atoms with Crippen LogP contribution in [0.15, 0.2) is 10.1 Å². The van der Waals surface area contributed by atoms with Crippen molar-refractivity contribution in [2.45, 2.75) is 48.3 Å². The van der Waals surface area contributed by atoms with Crippen LogP contribution in [0.3, 0.4) is 0 Å². The molecule has 0 N–H and O–H groups in total. The molecule has 0 aromatic carbocycles. The van der Waals surface area contributed by atoms with E-state index in [9.17, 15) is 9.59 Å². The van der Waals surface area contributed by atoms with Crippen LogP contribution in [0.1, 0.15) is 20.3 Å². The molecule has 0 spiro atoms. The molecule has 3 aliphatic heterocycles. The van der Waals surface area contributed by atoms with E-state index in [1.807, 2.05) is 0 Å². The SMILES string of the molecule is CC(C)ON1C(=O)[C@@H]2[C@H]3O[C@H]([C@H]2C1=O)[C@@H]1[C@@H]3[C@]2(Cl)C[C@]1(Cl)C(Cl)=C2Cl. The van der Waals surface area contributed by atoms with E-state index in [1.165, 1.54) is 0 Å². The first kappa shape index (κ1) is 17.1. The highest BCUT2D eigenvalue weighted by atomic mass is 35.5. The van der Waals surface area contributed by atoms with E-state index >= 15 is 0 Å². The first-order valence-corrected chi connectivity index (χ1v) is 9.78. The standard InChI is InChI=1S/C16H15Cl4NO4/c1-4(2)25-21-13(22)5-6(14(21)23)10-8-7(9(5)24-10)15(19)3-16(8,20)12(18)11(15)17/h4-10H,3H2,1-2H3/t5-,6-,7-,8-,9+,10+,15+,16+/m0/s1. The smallest absolute Gasteiger partial charge is 0.260 e. The molecule has 25 heavy (non-hydrogen) atoms. The number of allylic oxidation sites excluding steroid dienone is 2. The number of rotatable bonds is 2. The van der Waals surface area contributed by atoms with Crippen molar-refractivity contribution in [1.82, 2.24) is 5.06 Å². The van der Waals surface area contributed by atoms with Crippen molar-refractivity contribution in [1.29, 1.82) is 0 Å². The lowest BCUT2D eigenvalue weighted by atomic mass is 9.65. The zero-order chi connectivity index (χ0) is 18.0. The molecule has 4 fully saturated rings. The minimum atomic E-state index is -0.939. The molecule has 0 unspecified atom stereocenters. The number of amides is 2. The average molecular weight is 427 g/mol. The van der Waals surface area contributed by atoms with E-state index in [0.29, 0.717) is 16.5 Å². The molecule has 3 saturated heterocycles. The van der Waals surface area contributed by atoms with Crippen LogP contribution in [0.25, 0.3) is 0 Å². The Labute approximate surface area is 164 Å². The maximum Gasteiger partial charge on any atom is 0.260 e. The van der Waals surface area contributed by atoms with Gasteiger partial charge in [-0.05, 0) is 20.3 Å². The van der Waals surface area contributed by atoms with Gasteiger partial charge in [0.1, 0.15) is 0 Å². The molecule has 5 aliphatic rings. The molecule has 9 heteroatoms. The molecule has 2 amide bonds. The quantitative estimate of drug-likeness (QED) is 0.503. The van der Waals surface area contributed by atoms with Gasteiger partial charge >= 0.3 is 0 Å². The largest absolute Gasteiger partial charge is 0.373 e. The zero-order valence-electron chi connectivity index (χ0n) is 13.3. The van der Waals surface area contributed by atoms with Gasteiger partial charge in [0.05, 0.1) is 50.0 Å². The van der Waals surface area contributed by atoms with Crippen LogP contribution in [-0.2, 0) is 19.2 Å². The van der Waals surface area contributed by atoms with Crippen LogP contribution in [-0.4, -0.2) is 44.9 Å². The number of ether oxygens (including phenoxy) is 1. The highest BCUT2D eigenvalue weighted by Crippen LogP contribution is 2.75. The molecule has 136 valence electrons. The van der Waals surface area contributed by atoms with E-state index in [1.54, 1.807) is 13.8 Å². The topological polar surface area (TPSA) is 55.8 Å². The lowest BCUT2D eigenvalue weighted by Crippen LogP contribution is -2.50.